The van der Waals surface area contributed by atoms with Crippen molar-refractivity contribution in [3.63, 3.8) is 0 Å². The molecule has 5 nitrogen and oxygen atoms in total. The van der Waals surface area contributed by atoms with Crippen LogP contribution in [0.5, 0.6) is 0 Å². The Labute approximate surface area is 79.1 Å². The monoisotopic (exact) mass is 195 g/mol. The highest BCUT2D eigenvalue weighted by atomic mass is 32.1. The van der Waals surface area contributed by atoms with Crippen LogP contribution in [0.15, 0.2) is 18.5 Å². The Morgan fingerprint density at radius 3 is 3.15 bits per heavy atom. The number of nitrogens with one attached hydrogen (secondary N) is 2. The van der Waals surface area contributed by atoms with E-state index in [4.69, 9.17) is 5.73 Å². The van der Waals surface area contributed by atoms with Crippen LogP contribution in [-0.4, -0.2) is 14.6 Å². The molecule has 6 heteroatoms. The second-order valence-electron chi connectivity index (χ2n) is 2.58. The van der Waals surface area contributed by atoms with Gasteiger partial charge in [-0.05, 0) is 11.5 Å². The Morgan fingerprint density at radius 2 is 2.54 bits per heavy atom. The predicted molar refractivity (Wildman–Crippen MR) is 52.4 cm³/mol. The Balaban J connectivity index is 1.93. The van der Waals surface area contributed by atoms with Crippen LogP contribution in [0.4, 0.5) is 10.8 Å². The van der Waals surface area contributed by atoms with Gasteiger partial charge in [0, 0.05) is 24.4 Å². The molecular formula is C7H9N5S. The molecule has 2 aromatic rings. The number of rotatable bonds is 3. The van der Waals surface area contributed by atoms with Crippen molar-refractivity contribution in [1.82, 2.24) is 14.6 Å². The van der Waals surface area contributed by atoms with E-state index < -0.39 is 0 Å². The largest absolute Gasteiger partial charge is 0.383 e. The molecule has 0 aliphatic rings. The van der Waals surface area contributed by atoms with Gasteiger partial charge in [-0.3, -0.25) is 5.10 Å². The number of H-pyrrole nitrogens is 1. The Kier molecular flexibility index (Phi) is 2.13. The van der Waals surface area contributed by atoms with Gasteiger partial charge in [0.1, 0.15) is 10.8 Å². The van der Waals surface area contributed by atoms with Crippen molar-refractivity contribution >= 4 is 22.4 Å². The fraction of sp³-hybridized carbons (Fsp3) is 0.143. The third-order valence-corrected chi connectivity index (χ3v) is 2.31. The van der Waals surface area contributed by atoms with Gasteiger partial charge in [-0.25, -0.2) is 0 Å². The zero-order chi connectivity index (χ0) is 9.10. The lowest BCUT2D eigenvalue weighted by Gasteiger charge is -1.97. The predicted octanol–water partition coefficient (Wildman–Crippen LogP) is 1.06. The summed E-state index contributed by atoms with van der Waals surface area (Å²) in [4.78, 5) is 0. The molecule has 13 heavy (non-hydrogen) atoms. The van der Waals surface area contributed by atoms with Crippen molar-refractivity contribution in [3.05, 3.63) is 24.0 Å². The van der Waals surface area contributed by atoms with Crippen molar-refractivity contribution < 1.29 is 0 Å². The number of aromatic amines is 1. The lowest BCUT2D eigenvalue weighted by Crippen LogP contribution is -1.95. The zero-order valence-corrected chi connectivity index (χ0v) is 7.64. The third kappa shape index (κ3) is 1.97. The summed E-state index contributed by atoms with van der Waals surface area (Å²) in [6.07, 6.45) is 3.62. The van der Waals surface area contributed by atoms with Gasteiger partial charge in [-0.1, -0.05) is 0 Å². The quantitative estimate of drug-likeness (QED) is 0.684. The molecule has 0 atom stereocenters. The van der Waals surface area contributed by atoms with Gasteiger partial charge in [0.15, 0.2) is 0 Å². The van der Waals surface area contributed by atoms with Crippen LogP contribution in [0.25, 0.3) is 0 Å². The third-order valence-electron chi connectivity index (χ3n) is 1.55. The van der Waals surface area contributed by atoms with Crippen molar-refractivity contribution in [2.45, 2.75) is 6.54 Å². The SMILES string of the molecule is Nc1cc(NCc2cn[nH]c2)sn1. The summed E-state index contributed by atoms with van der Waals surface area (Å²) in [7, 11) is 0. The Morgan fingerprint density at radius 1 is 1.62 bits per heavy atom. The van der Waals surface area contributed by atoms with E-state index in [0.717, 1.165) is 17.1 Å². The maximum atomic E-state index is 5.47. The first-order valence-electron chi connectivity index (χ1n) is 3.78. The molecule has 0 bridgehead atoms. The molecular weight excluding hydrogens is 186 g/mol. The Hall–Kier alpha value is -1.56. The van der Waals surface area contributed by atoms with E-state index in [9.17, 15) is 0 Å². The molecule has 0 unspecified atom stereocenters. The molecule has 0 aliphatic carbocycles. The lowest BCUT2D eigenvalue weighted by molar-refractivity contribution is 1.09. The summed E-state index contributed by atoms with van der Waals surface area (Å²) in [5.41, 5.74) is 6.57. The van der Waals surface area contributed by atoms with Gasteiger partial charge in [-0.15, -0.1) is 0 Å². The Bertz CT molecular complexity index is 366. The number of nitrogen functional groups attached to an aromatic ring is 1. The maximum Gasteiger partial charge on any atom is 0.139 e. The van der Waals surface area contributed by atoms with Gasteiger partial charge in [-0.2, -0.15) is 9.47 Å². The molecule has 0 aliphatic heterocycles. The van der Waals surface area contributed by atoms with Crippen LogP contribution in [-0.2, 0) is 6.54 Å². The van der Waals surface area contributed by atoms with Crippen LogP contribution >= 0.6 is 11.5 Å². The molecule has 2 rings (SSSR count). The molecule has 0 saturated carbocycles. The van der Waals surface area contributed by atoms with Gasteiger partial charge >= 0.3 is 0 Å². The minimum Gasteiger partial charge on any atom is -0.383 e. The number of nitrogens with zero attached hydrogens (tertiary/aromatic N) is 2. The van der Waals surface area contributed by atoms with Gasteiger partial charge < -0.3 is 11.1 Å². The van der Waals surface area contributed by atoms with E-state index in [1.54, 1.807) is 6.20 Å². The standard InChI is InChI=1S/C7H9N5S/c8-6-1-7(13-12-6)9-2-5-3-10-11-4-5/h1,3-4,9H,2H2,(H2,8,12)(H,10,11). The summed E-state index contributed by atoms with van der Waals surface area (Å²) in [6, 6.07) is 1.81. The lowest BCUT2D eigenvalue weighted by atomic mass is 10.4. The molecule has 2 heterocycles. The van der Waals surface area contributed by atoms with Gasteiger partial charge in [0.25, 0.3) is 0 Å². The van der Waals surface area contributed by atoms with E-state index in [0.29, 0.717) is 5.82 Å². The minimum absolute atomic E-state index is 0.555. The number of hydrogen-bond acceptors (Lipinski definition) is 5. The number of aromatic nitrogens is 3. The topological polar surface area (TPSA) is 79.6 Å². The van der Waals surface area contributed by atoms with Crippen LogP contribution in [0, 0.1) is 0 Å². The number of hydrogen-bond donors (Lipinski definition) is 3. The first-order valence-corrected chi connectivity index (χ1v) is 4.55. The van der Waals surface area contributed by atoms with Crippen LogP contribution in [0.1, 0.15) is 5.56 Å². The summed E-state index contributed by atoms with van der Waals surface area (Å²) in [5, 5.41) is 10.7. The second-order valence-corrected chi connectivity index (χ2v) is 3.38. The molecule has 0 spiro atoms. The summed E-state index contributed by atoms with van der Waals surface area (Å²) < 4.78 is 3.95. The molecule has 4 N–H and O–H groups in total. The van der Waals surface area contributed by atoms with E-state index in [1.807, 2.05) is 12.3 Å². The molecule has 68 valence electrons. The van der Waals surface area contributed by atoms with Crippen LogP contribution < -0.4 is 11.1 Å². The first-order chi connectivity index (χ1) is 6.34. The second kappa shape index (κ2) is 3.44. The summed E-state index contributed by atoms with van der Waals surface area (Å²) in [6.45, 7) is 0.734. The summed E-state index contributed by atoms with van der Waals surface area (Å²) >= 11 is 1.35. The fourth-order valence-corrected chi connectivity index (χ4v) is 1.50. The molecule has 0 saturated heterocycles. The molecule has 0 radical (unpaired) electrons. The van der Waals surface area contributed by atoms with E-state index >= 15 is 0 Å². The number of anilines is 2. The van der Waals surface area contributed by atoms with Crippen LogP contribution in [0.3, 0.4) is 0 Å². The first kappa shape index (κ1) is 8.06. The van der Waals surface area contributed by atoms with Crippen molar-refractivity contribution in [1.29, 1.82) is 0 Å². The number of nitrogens with two attached hydrogens (primary N) is 1. The molecule has 0 fully saturated rings. The summed E-state index contributed by atoms with van der Waals surface area (Å²) in [5.74, 6) is 0.555. The van der Waals surface area contributed by atoms with Gasteiger partial charge in [0.05, 0.1) is 6.20 Å². The average molecular weight is 195 g/mol. The average Bonchev–Trinajstić information content (AvgIpc) is 2.71. The highest BCUT2D eigenvalue weighted by molar-refractivity contribution is 7.10. The minimum atomic E-state index is 0.555. The highest BCUT2D eigenvalue weighted by Crippen LogP contribution is 2.17. The maximum absolute atomic E-state index is 5.47. The van der Waals surface area contributed by atoms with E-state index in [1.165, 1.54) is 11.5 Å². The van der Waals surface area contributed by atoms with Crippen molar-refractivity contribution in [2.24, 2.45) is 0 Å². The smallest absolute Gasteiger partial charge is 0.139 e. The highest BCUT2D eigenvalue weighted by Gasteiger charge is 1.98. The van der Waals surface area contributed by atoms with E-state index in [-0.39, 0.29) is 0 Å². The fourth-order valence-electron chi connectivity index (χ4n) is 0.936. The van der Waals surface area contributed by atoms with E-state index in [2.05, 4.69) is 19.9 Å². The molecule has 2 aromatic heterocycles. The zero-order valence-electron chi connectivity index (χ0n) is 6.82. The van der Waals surface area contributed by atoms with Crippen molar-refractivity contribution in [3.8, 4) is 0 Å². The van der Waals surface area contributed by atoms with Crippen LogP contribution in [0.2, 0.25) is 0 Å². The van der Waals surface area contributed by atoms with Gasteiger partial charge in [0.2, 0.25) is 0 Å². The molecule has 0 amide bonds. The molecule has 0 aromatic carbocycles. The normalized spacial score (nSPS) is 10.2. The van der Waals surface area contributed by atoms with Crippen molar-refractivity contribution in [2.75, 3.05) is 11.1 Å².